The Hall–Kier alpha value is -0.370. The highest BCUT2D eigenvalue weighted by Gasteiger charge is 2.31. The van der Waals surface area contributed by atoms with E-state index in [1.807, 2.05) is 0 Å². The Morgan fingerprint density at radius 3 is 2.50 bits per heavy atom. The van der Waals surface area contributed by atoms with E-state index in [0.29, 0.717) is 6.54 Å². The summed E-state index contributed by atoms with van der Waals surface area (Å²) in [6.07, 6.45) is -4.36. The average Bonchev–Trinajstić information content (AvgIpc) is 2.12. The van der Waals surface area contributed by atoms with E-state index in [9.17, 15) is 13.2 Å². The molecule has 0 spiro atoms. The first-order valence-electron chi connectivity index (χ1n) is 2.68. The summed E-state index contributed by atoms with van der Waals surface area (Å²) in [7, 11) is 0. The molecule has 1 fully saturated rings. The number of nitrogens with zero attached hydrogens (tertiary/aromatic N) is 1. The van der Waals surface area contributed by atoms with Gasteiger partial charge in [-0.1, -0.05) is 0 Å². The number of rotatable bonds is 1. The number of halogens is 3. The zero-order chi connectivity index (χ0) is 7.61. The van der Waals surface area contributed by atoms with Crippen LogP contribution in [-0.2, 0) is 0 Å². The Kier molecular flexibility index (Phi) is 2.09. The van der Waals surface area contributed by atoms with Gasteiger partial charge in [-0.3, -0.25) is 0 Å². The lowest BCUT2D eigenvalue weighted by atomic mass is 10.7. The summed E-state index contributed by atoms with van der Waals surface area (Å²) in [4.78, 5) is 0. The van der Waals surface area contributed by atoms with Crippen LogP contribution in [0.1, 0.15) is 0 Å². The summed E-state index contributed by atoms with van der Waals surface area (Å²) in [5, 5.41) is 0.833. The fourth-order valence-electron chi connectivity index (χ4n) is 0.612. The van der Waals surface area contributed by atoms with E-state index < -0.39 is 6.30 Å². The molecule has 3 N–H and O–H groups in total. The number of hydrogen-bond acceptors (Lipinski definition) is 4. The molecule has 0 saturated carbocycles. The fraction of sp³-hybridized carbons (Fsp3) is 1.00. The summed E-state index contributed by atoms with van der Waals surface area (Å²) < 4.78 is 34.5. The third kappa shape index (κ3) is 2.48. The second-order valence-corrected chi connectivity index (χ2v) is 1.80. The highest BCUT2D eigenvalue weighted by molar-refractivity contribution is 4.54. The average molecular weight is 156 g/mol. The standard InChI is InChI=1S/C3H7F3N4/c4-3(5,6)8-10-2-1-7-9-10/h7-9H,1-2H2. The zero-order valence-corrected chi connectivity index (χ0v) is 5.00. The van der Waals surface area contributed by atoms with E-state index in [0.717, 1.165) is 5.12 Å². The summed E-state index contributed by atoms with van der Waals surface area (Å²) in [6.45, 7) is 0.766. The molecule has 0 atom stereocenters. The van der Waals surface area contributed by atoms with Crippen molar-refractivity contribution >= 4 is 0 Å². The first-order valence-corrected chi connectivity index (χ1v) is 2.68. The van der Waals surface area contributed by atoms with E-state index in [4.69, 9.17) is 0 Å². The number of nitrogens with one attached hydrogen (secondary N) is 3. The maximum absolute atomic E-state index is 11.5. The normalized spacial score (nSPS) is 21.9. The quantitative estimate of drug-likeness (QED) is 0.440. The Balaban J connectivity index is 2.24. The lowest BCUT2D eigenvalue weighted by molar-refractivity contribution is -0.203. The summed E-state index contributed by atoms with van der Waals surface area (Å²) in [5.74, 6) is 0. The first kappa shape index (κ1) is 7.73. The van der Waals surface area contributed by atoms with Gasteiger partial charge in [-0.15, -0.1) is 5.43 Å². The summed E-state index contributed by atoms with van der Waals surface area (Å²) in [6, 6.07) is 0. The topological polar surface area (TPSA) is 39.3 Å². The van der Waals surface area contributed by atoms with Crippen LogP contribution in [-0.4, -0.2) is 24.5 Å². The van der Waals surface area contributed by atoms with Crippen molar-refractivity contribution in [3.05, 3.63) is 0 Å². The second-order valence-electron chi connectivity index (χ2n) is 1.80. The van der Waals surface area contributed by atoms with Crippen molar-refractivity contribution in [1.29, 1.82) is 0 Å². The van der Waals surface area contributed by atoms with E-state index in [2.05, 4.69) is 11.0 Å². The van der Waals surface area contributed by atoms with Crippen LogP contribution in [0.25, 0.3) is 0 Å². The molecule has 0 radical (unpaired) electrons. The molecule has 1 heterocycles. The molecule has 10 heavy (non-hydrogen) atoms. The van der Waals surface area contributed by atoms with Gasteiger partial charge in [0.1, 0.15) is 0 Å². The van der Waals surface area contributed by atoms with Gasteiger partial charge in [0.25, 0.3) is 0 Å². The van der Waals surface area contributed by atoms with Crippen molar-refractivity contribution in [3.63, 3.8) is 0 Å². The Morgan fingerprint density at radius 2 is 2.10 bits per heavy atom. The van der Waals surface area contributed by atoms with Crippen molar-refractivity contribution in [2.45, 2.75) is 6.30 Å². The molecule has 0 aromatic heterocycles. The zero-order valence-electron chi connectivity index (χ0n) is 5.00. The number of hydrogen-bond donors (Lipinski definition) is 3. The van der Waals surface area contributed by atoms with Crippen LogP contribution >= 0.6 is 0 Å². The summed E-state index contributed by atoms with van der Waals surface area (Å²) in [5.41, 5.74) is 6.05. The minimum atomic E-state index is -4.36. The molecular weight excluding hydrogens is 149 g/mol. The molecule has 0 aliphatic carbocycles. The van der Waals surface area contributed by atoms with Crippen molar-refractivity contribution in [3.8, 4) is 0 Å². The Bertz CT molecular complexity index is 107. The maximum atomic E-state index is 11.5. The van der Waals surface area contributed by atoms with Gasteiger partial charge < -0.3 is 0 Å². The van der Waals surface area contributed by atoms with E-state index >= 15 is 0 Å². The molecule has 1 aliphatic rings. The molecule has 0 amide bonds. The highest BCUT2D eigenvalue weighted by atomic mass is 19.4. The number of hydrazine groups is 3. The minimum absolute atomic E-state index is 0.277. The third-order valence-corrected chi connectivity index (χ3v) is 0.936. The minimum Gasteiger partial charge on any atom is -0.241 e. The predicted molar refractivity (Wildman–Crippen MR) is 27.0 cm³/mol. The predicted octanol–water partition coefficient (Wildman–Crippen LogP) is -0.664. The van der Waals surface area contributed by atoms with Crippen molar-refractivity contribution in [1.82, 2.24) is 21.5 Å². The van der Waals surface area contributed by atoms with E-state index in [-0.39, 0.29) is 6.54 Å². The van der Waals surface area contributed by atoms with Crippen molar-refractivity contribution < 1.29 is 13.2 Å². The lowest BCUT2D eigenvalue weighted by Gasteiger charge is -2.17. The van der Waals surface area contributed by atoms with Gasteiger partial charge in [-0.2, -0.15) is 23.8 Å². The van der Waals surface area contributed by atoms with Crippen LogP contribution in [0.2, 0.25) is 0 Å². The largest absolute Gasteiger partial charge is 0.471 e. The van der Waals surface area contributed by atoms with Crippen LogP contribution in [0.5, 0.6) is 0 Å². The monoisotopic (exact) mass is 156 g/mol. The third-order valence-electron chi connectivity index (χ3n) is 0.936. The molecule has 7 heteroatoms. The maximum Gasteiger partial charge on any atom is 0.471 e. The Morgan fingerprint density at radius 1 is 1.40 bits per heavy atom. The first-order chi connectivity index (χ1) is 4.58. The van der Waals surface area contributed by atoms with Crippen LogP contribution in [0.15, 0.2) is 0 Å². The van der Waals surface area contributed by atoms with Crippen molar-refractivity contribution in [2.24, 2.45) is 0 Å². The van der Waals surface area contributed by atoms with Crippen LogP contribution in [0.3, 0.4) is 0 Å². The number of alkyl halides is 3. The smallest absolute Gasteiger partial charge is 0.241 e. The van der Waals surface area contributed by atoms with Crippen LogP contribution < -0.4 is 16.4 Å². The van der Waals surface area contributed by atoms with Gasteiger partial charge in [-0.25, -0.2) is 5.43 Å². The summed E-state index contributed by atoms with van der Waals surface area (Å²) >= 11 is 0. The SMILES string of the molecule is FC(F)(F)NN1CCNN1. The van der Waals surface area contributed by atoms with Gasteiger partial charge in [0.15, 0.2) is 0 Å². The van der Waals surface area contributed by atoms with Crippen molar-refractivity contribution in [2.75, 3.05) is 13.1 Å². The second kappa shape index (κ2) is 2.70. The van der Waals surface area contributed by atoms with E-state index in [1.54, 1.807) is 0 Å². The molecule has 4 nitrogen and oxygen atoms in total. The Labute approximate surface area is 55.3 Å². The highest BCUT2D eigenvalue weighted by Crippen LogP contribution is 2.09. The lowest BCUT2D eigenvalue weighted by Crippen LogP contribution is -2.52. The molecule has 0 unspecified atom stereocenters. The molecule has 1 aliphatic heterocycles. The molecule has 1 saturated heterocycles. The van der Waals surface area contributed by atoms with Gasteiger partial charge in [0.2, 0.25) is 0 Å². The van der Waals surface area contributed by atoms with E-state index in [1.165, 1.54) is 5.43 Å². The molecule has 0 aromatic rings. The molecular formula is C3H7F3N4. The molecule has 0 aromatic carbocycles. The van der Waals surface area contributed by atoms with Crippen LogP contribution in [0, 0.1) is 0 Å². The van der Waals surface area contributed by atoms with Gasteiger partial charge in [-0.05, 0) is 0 Å². The van der Waals surface area contributed by atoms with Crippen LogP contribution in [0.4, 0.5) is 13.2 Å². The van der Waals surface area contributed by atoms with Gasteiger partial charge >= 0.3 is 6.30 Å². The fourth-order valence-corrected chi connectivity index (χ4v) is 0.612. The molecule has 60 valence electrons. The van der Waals surface area contributed by atoms with Gasteiger partial charge in [0, 0.05) is 13.1 Å². The molecule has 1 rings (SSSR count). The van der Waals surface area contributed by atoms with Gasteiger partial charge in [0.05, 0.1) is 0 Å². The molecule has 0 bridgehead atoms.